The summed E-state index contributed by atoms with van der Waals surface area (Å²) in [6.45, 7) is 3.58. The van der Waals surface area contributed by atoms with E-state index in [1.165, 1.54) is 26.5 Å². The highest BCUT2D eigenvalue weighted by atomic mass is 32.1. The highest BCUT2D eigenvalue weighted by molar-refractivity contribution is 7.10. The predicted molar refractivity (Wildman–Crippen MR) is 94.8 cm³/mol. The molecule has 2 atom stereocenters. The number of hydrogen-bond acceptors (Lipinski definition) is 2. The van der Waals surface area contributed by atoms with Crippen LogP contribution in [0.2, 0.25) is 0 Å². The molecule has 0 saturated heterocycles. The van der Waals surface area contributed by atoms with Crippen molar-refractivity contribution in [3.63, 3.8) is 0 Å². The maximum Gasteiger partial charge on any atom is 0.275 e. The van der Waals surface area contributed by atoms with Gasteiger partial charge in [0.25, 0.3) is 5.91 Å². The molecule has 0 spiro atoms. The number of fused-ring (bicyclic) bond motifs is 1. The number of hydrogen-bond donors (Lipinski definition) is 2. The maximum absolute atomic E-state index is 12.4. The molecule has 1 aromatic carbocycles. The van der Waals surface area contributed by atoms with Crippen LogP contribution in [0.4, 0.5) is 0 Å². The summed E-state index contributed by atoms with van der Waals surface area (Å²) < 4.78 is 0. The van der Waals surface area contributed by atoms with Crippen LogP contribution in [-0.4, -0.2) is 19.5 Å². The zero-order chi connectivity index (χ0) is 16.2. The van der Waals surface area contributed by atoms with E-state index in [1.807, 2.05) is 0 Å². The molecule has 0 bridgehead atoms. The van der Waals surface area contributed by atoms with Gasteiger partial charge in [0.1, 0.15) is 6.54 Å². The molecule has 3 nitrogen and oxygen atoms in total. The van der Waals surface area contributed by atoms with Crippen molar-refractivity contribution in [3.8, 4) is 0 Å². The minimum Gasteiger partial charge on any atom is -0.344 e. The molecule has 23 heavy (non-hydrogen) atoms. The molecular formula is C19H25N2OS+. The third kappa shape index (κ3) is 4.01. The standard InChI is InChI=1S/C19H24N2OS/c1-14-10-11-23-18(14)12-21(2)13-19(22)20-17-9-5-7-15-6-3-4-8-16(15)17/h3-4,6,8,10-11,17H,5,7,9,12-13H2,1-2H3,(H,20,22)/p+1/t17-/m0/s1. The Kier molecular flexibility index (Phi) is 5.13. The van der Waals surface area contributed by atoms with E-state index in [0.717, 1.165) is 25.8 Å². The Morgan fingerprint density at radius 3 is 2.96 bits per heavy atom. The second-order valence-electron chi connectivity index (χ2n) is 6.55. The Morgan fingerprint density at radius 2 is 2.17 bits per heavy atom. The van der Waals surface area contributed by atoms with Gasteiger partial charge in [-0.2, -0.15) is 0 Å². The number of amides is 1. The van der Waals surface area contributed by atoms with Gasteiger partial charge in [-0.3, -0.25) is 4.79 Å². The van der Waals surface area contributed by atoms with Gasteiger partial charge in [-0.25, -0.2) is 0 Å². The lowest BCUT2D eigenvalue weighted by Gasteiger charge is -2.26. The van der Waals surface area contributed by atoms with Crippen LogP contribution in [0, 0.1) is 6.92 Å². The van der Waals surface area contributed by atoms with E-state index >= 15 is 0 Å². The highest BCUT2D eigenvalue weighted by Crippen LogP contribution is 2.29. The van der Waals surface area contributed by atoms with Gasteiger partial charge in [0.2, 0.25) is 0 Å². The summed E-state index contributed by atoms with van der Waals surface area (Å²) >= 11 is 1.78. The van der Waals surface area contributed by atoms with Crippen molar-refractivity contribution in [1.82, 2.24) is 5.32 Å². The average molecular weight is 329 g/mol. The minimum absolute atomic E-state index is 0.151. The van der Waals surface area contributed by atoms with Crippen LogP contribution >= 0.6 is 11.3 Å². The second kappa shape index (κ2) is 7.28. The molecule has 0 radical (unpaired) electrons. The van der Waals surface area contributed by atoms with E-state index in [4.69, 9.17) is 0 Å². The second-order valence-corrected chi connectivity index (χ2v) is 7.55. The lowest BCUT2D eigenvalue weighted by Crippen LogP contribution is -3.08. The Balaban J connectivity index is 1.57. The molecule has 1 amide bonds. The van der Waals surface area contributed by atoms with Gasteiger partial charge in [-0.05, 0) is 54.3 Å². The van der Waals surface area contributed by atoms with Crippen molar-refractivity contribution in [2.45, 2.75) is 38.8 Å². The fourth-order valence-electron chi connectivity index (χ4n) is 3.35. The lowest BCUT2D eigenvalue weighted by atomic mass is 9.88. The average Bonchev–Trinajstić information content (AvgIpc) is 2.92. The van der Waals surface area contributed by atoms with Crippen LogP contribution < -0.4 is 10.2 Å². The van der Waals surface area contributed by atoms with Crippen molar-refractivity contribution in [3.05, 3.63) is 57.3 Å². The molecule has 0 fully saturated rings. The first-order valence-electron chi connectivity index (χ1n) is 8.35. The normalized spacial score (nSPS) is 18.3. The van der Waals surface area contributed by atoms with Gasteiger partial charge in [0, 0.05) is 0 Å². The van der Waals surface area contributed by atoms with E-state index in [1.54, 1.807) is 11.3 Å². The fraction of sp³-hybridized carbons (Fsp3) is 0.421. The smallest absolute Gasteiger partial charge is 0.275 e. The van der Waals surface area contributed by atoms with Crippen molar-refractivity contribution in [1.29, 1.82) is 0 Å². The van der Waals surface area contributed by atoms with Gasteiger partial charge in [0.15, 0.2) is 6.54 Å². The molecule has 1 heterocycles. The summed E-state index contributed by atoms with van der Waals surface area (Å²) in [6.07, 6.45) is 3.33. The number of thiophene rings is 1. The van der Waals surface area contributed by atoms with E-state index in [0.29, 0.717) is 6.54 Å². The summed E-state index contributed by atoms with van der Waals surface area (Å²) in [5.74, 6) is 0.151. The number of quaternary nitrogens is 1. The molecule has 4 heteroatoms. The molecule has 1 unspecified atom stereocenters. The molecular weight excluding hydrogens is 304 g/mol. The molecule has 1 aromatic heterocycles. The first-order valence-corrected chi connectivity index (χ1v) is 9.23. The zero-order valence-corrected chi connectivity index (χ0v) is 14.7. The number of rotatable bonds is 5. The van der Waals surface area contributed by atoms with Crippen molar-refractivity contribution < 1.29 is 9.69 Å². The largest absolute Gasteiger partial charge is 0.344 e. The predicted octanol–water partition coefficient (Wildman–Crippen LogP) is 2.27. The molecule has 1 aliphatic rings. The monoisotopic (exact) mass is 329 g/mol. The van der Waals surface area contributed by atoms with Gasteiger partial charge >= 0.3 is 0 Å². The fourth-order valence-corrected chi connectivity index (χ4v) is 4.37. The topological polar surface area (TPSA) is 33.5 Å². The van der Waals surface area contributed by atoms with Gasteiger partial charge in [0.05, 0.1) is 18.0 Å². The Hall–Kier alpha value is -1.65. The van der Waals surface area contributed by atoms with Gasteiger partial charge in [-0.1, -0.05) is 24.3 Å². The SMILES string of the molecule is Cc1ccsc1C[NH+](C)CC(=O)N[C@H]1CCCc2ccccc21. The molecule has 122 valence electrons. The van der Waals surface area contributed by atoms with Gasteiger partial charge in [-0.15, -0.1) is 11.3 Å². The summed E-state index contributed by atoms with van der Waals surface area (Å²) in [7, 11) is 2.09. The number of carbonyl (C=O) groups is 1. The Bertz CT molecular complexity index is 680. The molecule has 2 N–H and O–H groups in total. The molecule has 2 aromatic rings. The van der Waals surface area contributed by atoms with Crippen LogP contribution in [0.25, 0.3) is 0 Å². The van der Waals surface area contributed by atoms with Gasteiger partial charge < -0.3 is 10.2 Å². The van der Waals surface area contributed by atoms with Crippen molar-refractivity contribution >= 4 is 17.2 Å². The first-order chi connectivity index (χ1) is 11.1. The van der Waals surface area contributed by atoms with Crippen LogP contribution in [0.1, 0.15) is 40.5 Å². The van der Waals surface area contributed by atoms with E-state index in [2.05, 4.69) is 55.0 Å². The highest BCUT2D eigenvalue weighted by Gasteiger charge is 2.22. The number of aryl methyl sites for hydroxylation is 2. The number of carbonyl (C=O) groups excluding carboxylic acids is 1. The van der Waals surface area contributed by atoms with E-state index in [9.17, 15) is 4.79 Å². The Morgan fingerprint density at radius 1 is 1.35 bits per heavy atom. The molecule has 0 aliphatic heterocycles. The van der Waals surface area contributed by atoms with Crippen molar-refractivity contribution in [2.75, 3.05) is 13.6 Å². The first kappa shape index (κ1) is 16.2. The van der Waals surface area contributed by atoms with Crippen LogP contribution in [0.5, 0.6) is 0 Å². The van der Waals surface area contributed by atoms with Crippen LogP contribution in [-0.2, 0) is 17.8 Å². The molecule has 3 rings (SSSR count). The van der Waals surface area contributed by atoms with E-state index in [-0.39, 0.29) is 11.9 Å². The van der Waals surface area contributed by atoms with Crippen molar-refractivity contribution in [2.24, 2.45) is 0 Å². The third-order valence-corrected chi connectivity index (χ3v) is 5.62. The summed E-state index contributed by atoms with van der Waals surface area (Å²) in [4.78, 5) is 15.0. The summed E-state index contributed by atoms with van der Waals surface area (Å²) in [5, 5.41) is 5.37. The Labute approximate surface area is 142 Å². The summed E-state index contributed by atoms with van der Waals surface area (Å²) in [6, 6.07) is 10.8. The number of nitrogens with one attached hydrogen (secondary N) is 2. The van der Waals surface area contributed by atoms with Crippen LogP contribution in [0.15, 0.2) is 35.7 Å². The molecule has 1 aliphatic carbocycles. The summed E-state index contributed by atoms with van der Waals surface area (Å²) in [5.41, 5.74) is 4.02. The zero-order valence-electron chi connectivity index (χ0n) is 13.9. The molecule has 0 saturated carbocycles. The minimum atomic E-state index is 0.151. The lowest BCUT2D eigenvalue weighted by molar-refractivity contribution is -0.885. The number of benzene rings is 1. The van der Waals surface area contributed by atoms with Crippen LogP contribution in [0.3, 0.4) is 0 Å². The quantitative estimate of drug-likeness (QED) is 0.867. The number of likely N-dealkylation sites (N-methyl/N-ethyl adjacent to an activating group) is 1. The van der Waals surface area contributed by atoms with E-state index < -0.39 is 0 Å². The third-order valence-electron chi connectivity index (χ3n) is 4.60. The maximum atomic E-state index is 12.4.